The van der Waals surface area contributed by atoms with Crippen LogP contribution in [0, 0.1) is 22.0 Å². The number of hydrogen-bond donors (Lipinski definition) is 0. The summed E-state index contributed by atoms with van der Waals surface area (Å²) in [7, 11) is 3.14. The Hall–Kier alpha value is -6.35. The van der Waals surface area contributed by atoms with Crippen LogP contribution >= 0.6 is 0 Å². The smallest absolute Gasteiger partial charge is 0.293 e. The van der Waals surface area contributed by atoms with Crippen molar-refractivity contribution in [3.8, 4) is 11.5 Å². The Morgan fingerprint density at radius 3 is 1.38 bits per heavy atom. The molecule has 50 heavy (non-hydrogen) atoms. The number of hydrogen-bond acceptors (Lipinski definition) is 7. The van der Waals surface area contributed by atoms with Crippen LogP contribution in [0.25, 0.3) is 11.1 Å². The number of rotatable bonds is 8. The zero-order valence-electron chi connectivity index (χ0n) is 27.1. The highest BCUT2D eigenvalue weighted by molar-refractivity contribution is 6.39. The van der Waals surface area contributed by atoms with Crippen molar-refractivity contribution in [3.05, 3.63) is 166 Å². The number of ketones is 1. The van der Waals surface area contributed by atoms with Gasteiger partial charge in [0.2, 0.25) is 11.8 Å². The highest BCUT2D eigenvalue weighted by atomic mass is 16.6. The van der Waals surface area contributed by atoms with Crippen LogP contribution in [0.1, 0.15) is 22.3 Å². The van der Waals surface area contributed by atoms with Gasteiger partial charge in [0.25, 0.3) is 5.69 Å². The highest BCUT2D eigenvalue weighted by Crippen LogP contribution is 2.74. The Morgan fingerprint density at radius 1 is 0.580 bits per heavy atom. The summed E-state index contributed by atoms with van der Waals surface area (Å²) in [6, 6.07) is 38.6. The number of Topliss-reactive ketones (excluding diaryl/α,β-unsaturated/α-hetero) is 1. The molecule has 3 aliphatic rings. The van der Waals surface area contributed by atoms with E-state index in [9.17, 15) is 10.1 Å². The molecular formula is C41H30N2O7. The topological polar surface area (TPSA) is 116 Å². The molecule has 1 saturated carbocycles. The lowest BCUT2D eigenvalue weighted by Crippen LogP contribution is -2.45. The fourth-order valence-electron chi connectivity index (χ4n) is 8.68. The molecule has 0 N–H and O–H groups in total. The second kappa shape index (κ2) is 11.4. The predicted molar refractivity (Wildman–Crippen MR) is 187 cm³/mol. The number of carbonyl (C=O) groups is 3. The normalized spacial score (nSPS) is 23.7. The van der Waals surface area contributed by atoms with E-state index in [0.717, 1.165) is 4.90 Å². The van der Waals surface area contributed by atoms with Gasteiger partial charge >= 0.3 is 0 Å². The third-order valence-corrected chi connectivity index (χ3v) is 10.5. The van der Waals surface area contributed by atoms with Crippen LogP contribution < -0.4 is 14.4 Å². The zero-order chi connectivity index (χ0) is 34.8. The average Bonchev–Trinajstić information content (AvgIpc) is 3.67. The van der Waals surface area contributed by atoms with E-state index in [1.54, 1.807) is 44.6 Å². The van der Waals surface area contributed by atoms with Crippen molar-refractivity contribution in [1.82, 2.24) is 0 Å². The van der Waals surface area contributed by atoms with Crippen LogP contribution in [-0.2, 0) is 25.2 Å². The van der Waals surface area contributed by atoms with Crippen molar-refractivity contribution >= 4 is 40.1 Å². The number of nitro groups is 1. The first-order valence-electron chi connectivity index (χ1n) is 16.1. The van der Waals surface area contributed by atoms with E-state index < -0.39 is 39.4 Å². The maximum atomic E-state index is 16.0. The van der Waals surface area contributed by atoms with E-state index in [-0.39, 0.29) is 17.2 Å². The highest BCUT2D eigenvalue weighted by Gasteiger charge is 2.83. The molecule has 4 atom stereocenters. The average molecular weight is 663 g/mol. The molecule has 2 amide bonds. The zero-order valence-corrected chi connectivity index (χ0v) is 27.1. The van der Waals surface area contributed by atoms with Gasteiger partial charge in [0, 0.05) is 6.07 Å². The van der Waals surface area contributed by atoms with E-state index in [2.05, 4.69) is 0 Å². The molecule has 0 radical (unpaired) electrons. The number of imide groups is 1. The van der Waals surface area contributed by atoms with Crippen molar-refractivity contribution in [2.24, 2.45) is 11.8 Å². The summed E-state index contributed by atoms with van der Waals surface area (Å²) in [5.41, 5.74) is -0.173. The third-order valence-electron chi connectivity index (χ3n) is 10.5. The quantitative estimate of drug-likeness (QED) is 0.102. The number of ether oxygens (including phenoxy) is 2. The molecule has 5 aromatic carbocycles. The summed E-state index contributed by atoms with van der Waals surface area (Å²) in [6.45, 7) is 0. The van der Waals surface area contributed by atoms with Crippen LogP contribution in [0.15, 0.2) is 133 Å². The van der Waals surface area contributed by atoms with E-state index >= 15 is 14.4 Å². The first kappa shape index (κ1) is 31.0. The van der Waals surface area contributed by atoms with Crippen molar-refractivity contribution in [2.75, 3.05) is 19.1 Å². The SMILES string of the molecule is COc1ccc(C2=C(c3ccc(OC)cc3)[C@@]3(c4ccccc4)C(=O)[C@]2(c2ccccc2)[C@@H]2C(=O)N(c4ccccc4[N+](=O)[O-])C(=O)[C@@H]23)cc1. The van der Waals surface area contributed by atoms with Gasteiger partial charge in [-0.3, -0.25) is 24.5 Å². The molecule has 8 rings (SSSR count). The molecule has 246 valence electrons. The molecule has 0 unspecified atom stereocenters. The largest absolute Gasteiger partial charge is 0.497 e. The lowest BCUT2D eigenvalue weighted by molar-refractivity contribution is -0.384. The first-order valence-corrected chi connectivity index (χ1v) is 16.1. The maximum Gasteiger partial charge on any atom is 0.293 e. The second-order valence-electron chi connectivity index (χ2n) is 12.6. The Kier molecular flexibility index (Phi) is 7.04. The second-order valence-corrected chi connectivity index (χ2v) is 12.6. The van der Waals surface area contributed by atoms with Crippen molar-refractivity contribution in [2.45, 2.75) is 10.8 Å². The van der Waals surface area contributed by atoms with Crippen LogP contribution in [-0.4, -0.2) is 36.7 Å². The van der Waals surface area contributed by atoms with Gasteiger partial charge in [-0.05, 0) is 63.7 Å². The van der Waals surface area contributed by atoms with E-state index in [4.69, 9.17) is 9.47 Å². The van der Waals surface area contributed by atoms with Crippen LogP contribution in [0.4, 0.5) is 11.4 Å². The summed E-state index contributed by atoms with van der Waals surface area (Å²) < 4.78 is 11.0. The van der Waals surface area contributed by atoms with Gasteiger partial charge in [-0.1, -0.05) is 97.1 Å². The Bertz CT molecular complexity index is 2100. The summed E-state index contributed by atoms with van der Waals surface area (Å²) in [5, 5.41) is 12.3. The van der Waals surface area contributed by atoms with Crippen molar-refractivity contribution < 1.29 is 28.8 Å². The molecule has 1 heterocycles. The Balaban J connectivity index is 1.54. The first-order chi connectivity index (χ1) is 24.3. The summed E-state index contributed by atoms with van der Waals surface area (Å²) in [4.78, 5) is 58.9. The predicted octanol–water partition coefficient (Wildman–Crippen LogP) is 6.80. The lowest BCUT2D eigenvalue weighted by atomic mass is 9.59. The van der Waals surface area contributed by atoms with Gasteiger partial charge in [-0.2, -0.15) is 0 Å². The number of carbonyl (C=O) groups excluding carboxylic acids is 3. The van der Waals surface area contributed by atoms with Gasteiger partial charge in [0.15, 0.2) is 5.78 Å². The van der Waals surface area contributed by atoms with Gasteiger partial charge in [0.1, 0.15) is 17.2 Å². The molecule has 0 spiro atoms. The number of methoxy groups -OCH3 is 2. The molecule has 1 saturated heterocycles. The number of fused-ring (bicyclic) bond motifs is 5. The van der Waals surface area contributed by atoms with Gasteiger partial charge in [0.05, 0.1) is 41.8 Å². The molecule has 2 fully saturated rings. The van der Waals surface area contributed by atoms with Crippen molar-refractivity contribution in [3.63, 3.8) is 0 Å². The van der Waals surface area contributed by atoms with E-state index in [1.165, 1.54) is 18.2 Å². The minimum atomic E-state index is -1.66. The fourth-order valence-corrected chi connectivity index (χ4v) is 8.68. The van der Waals surface area contributed by atoms with Crippen LogP contribution in [0.5, 0.6) is 11.5 Å². The number of nitrogens with zero attached hydrogens (tertiary/aromatic N) is 2. The Labute approximate surface area is 287 Å². The van der Waals surface area contributed by atoms with Crippen LogP contribution in [0.3, 0.4) is 0 Å². The molecule has 0 aromatic heterocycles. The monoisotopic (exact) mass is 662 g/mol. The summed E-state index contributed by atoms with van der Waals surface area (Å²) in [5.74, 6) is -2.85. The van der Waals surface area contributed by atoms with E-state index in [1.807, 2.05) is 84.9 Å². The minimum Gasteiger partial charge on any atom is -0.497 e. The molecule has 1 aliphatic heterocycles. The lowest BCUT2D eigenvalue weighted by Gasteiger charge is -2.39. The molecule has 9 heteroatoms. The van der Waals surface area contributed by atoms with Crippen molar-refractivity contribution in [1.29, 1.82) is 0 Å². The number of allylic oxidation sites excluding steroid dienone is 2. The number of anilines is 1. The molecule has 2 aliphatic carbocycles. The molecule has 2 bridgehead atoms. The number of nitro benzene ring substituents is 1. The van der Waals surface area contributed by atoms with E-state index in [0.29, 0.717) is 44.9 Å². The Morgan fingerprint density at radius 2 is 0.980 bits per heavy atom. The maximum absolute atomic E-state index is 16.0. The third kappa shape index (κ3) is 3.91. The standard InChI is InChI=1S/C41H30N2O7/c1-49-29-21-17-25(18-22-29)33-34(26-19-23-30(50-2)24-20-26)41(28-13-7-4-8-14-28)36-35(40(33,39(41)46)27-11-5-3-6-12-27)37(44)42(38(36)45)31-15-9-10-16-32(31)43(47)48/h3-24,35-36H,1-2H3/t35-,36+,40-,41+. The number of para-hydroxylation sites is 2. The van der Waals surface area contributed by atoms with Crippen LogP contribution in [0.2, 0.25) is 0 Å². The summed E-state index contributed by atoms with van der Waals surface area (Å²) in [6.07, 6.45) is 0. The molecular weight excluding hydrogens is 632 g/mol. The number of amides is 2. The fraction of sp³-hybridized carbons (Fsp3) is 0.146. The van der Waals surface area contributed by atoms with Gasteiger partial charge in [-0.25, -0.2) is 4.90 Å². The number of benzene rings is 5. The molecule has 5 aromatic rings. The van der Waals surface area contributed by atoms with Gasteiger partial charge < -0.3 is 9.47 Å². The minimum absolute atomic E-state index is 0.128. The summed E-state index contributed by atoms with van der Waals surface area (Å²) >= 11 is 0. The molecule has 9 nitrogen and oxygen atoms in total. The van der Waals surface area contributed by atoms with Gasteiger partial charge in [-0.15, -0.1) is 0 Å².